The van der Waals surface area contributed by atoms with Gasteiger partial charge in [-0.3, -0.25) is 0 Å². The van der Waals surface area contributed by atoms with Gasteiger partial charge in [0.2, 0.25) is 0 Å². The molecule has 1 rings (SSSR count). The third-order valence-electron chi connectivity index (χ3n) is 2.24. The summed E-state index contributed by atoms with van der Waals surface area (Å²) in [6.45, 7) is 6.23. The van der Waals surface area contributed by atoms with Crippen LogP contribution in [0.2, 0.25) is 0 Å². The lowest BCUT2D eigenvalue weighted by Crippen LogP contribution is -2.14. The standard InChI is InChI=1S/C11H11F4N/c1-5(2)7-4-6(3)8(11(13,14)15)10(16)9(7)12/h4H,1,16H2,2-3H3. The molecule has 0 fully saturated rings. The molecule has 1 aromatic rings. The van der Waals surface area contributed by atoms with Crippen LogP contribution in [0.1, 0.15) is 23.6 Å². The Labute approximate surface area is 90.6 Å². The molecule has 5 heteroatoms. The maximum absolute atomic E-state index is 13.5. The van der Waals surface area contributed by atoms with E-state index in [-0.39, 0.29) is 11.1 Å². The van der Waals surface area contributed by atoms with Gasteiger partial charge in [0.25, 0.3) is 0 Å². The topological polar surface area (TPSA) is 26.0 Å². The Morgan fingerprint density at radius 1 is 1.38 bits per heavy atom. The van der Waals surface area contributed by atoms with E-state index in [2.05, 4.69) is 6.58 Å². The van der Waals surface area contributed by atoms with Crippen molar-refractivity contribution in [2.24, 2.45) is 0 Å². The van der Waals surface area contributed by atoms with Gasteiger partial charge in [0.15, 0.2) is 5.82 Å². The molecule has 0 saturated carbocycles. The summed E-state index contributed by atoms with van der Waals surface area (Å²) in [5.41, 5.74) is 3.43. The van der Waals surface area contributed by atoms with Crippen LogP contribution in [0.3, 0.4) is 0 Å². The van der Waals surface area contributed by atoms with E-state index >= 15 is 0 Å². The Bertz CT molecular complexity index is 446. The number of nitrogen functional groups attached to an aromatic ring is 1. The Morgan fingerprint density at radius 3 is 2.25 bits per heavy atom. The Morgan fingerprint density at radius 2 is 1.88 bits per heavy atom. The van der Waals surface area contributed by atoms with Gasteiger partial charge >= 0.3 is 6.18 Å². The third kappa shape index (κ3) is 2.03. The zero-order valence-electron chi connectivity index (χ0n) is 8.87. The van der Waals surface area contributed by atoms with Gasteiger partial charge in [-0.25, -0.2) is 4.39 Å². The molecule has 2 N–H and O–H groups in total. The van der Waals surface area contributed by atoms with Gasteiger partial charge in [-0.05, 0) is 31.1 Å². The number of hydrogen-bond acceptors (Lipinski definition) is 1. The number of nitrogens with two attached hydrogens (primary N) is 1. The monoisotopic (exact) mass is 233 g/mol. The van der Waals surface area contributed by atoms with Crippen LogP contribution in [0.15, 0.2) is 12.6 Å². The molecule has 0 spiro atoms. The summed E-state index contributed by atoms with van der Waals surface area (Å²) >= 11 is 0. The number of rotatable bonds is 1. The first-order valence-corrected chi connectivity index (χ1v) is 4.48. The molecule has 0 bridgehead atoms. The molecule has 0 aliphatic carbocycles. The summed E-state index contributed by atoms with van der Waals surface area (Å²) in [6.07, 6.45) is -4.65. The fraction of sp³-hybridized carbons (Fsp3) is 0.273. The summed E-state index contributed by atoms with van der Waals surface area (Å²) in [7, 11) is 0. The minimum absolute atomic E-state index is 0.0167. The maximum atomic E-state index is 13.5. The lowest BCUT2D eigenvalue weighted by Gasteiger charge is -2.16. The quantitative estimate of drug-likeness (QED) is 0.580. The van der Waals surface area contributed by atoms with Crippen molar-refractivity contribution in [1.29, 1.82) is 0 Å². The van der Waals surface area contributed by atoms with Crippen molar-refractivity contribution in [3.05, 3.63) is 35.2 Å². The molecule has 0 aliphatic rings. The van der Waals surface area contributed by atoms with Gasteiger partial charge in [0, 0.05) is 5.56 Å². The molecule has 0 heterocycles. The van der Waals surface area contributed by atoms with Crippen molar-refractivity contribution in [3.63, 3.8) is 0 Å². The molecular formula is C11H11F4N. The van der Waals surface area contributed by atoms with E-state index in [0.29, 0.717) is 5.57 Å². The highest BCUT2D eigenvalue weighted by Crippen LogP contribution is 2.39. The molecule has 0 atom stereocenters. The van der Waals surface area contributed by atoms with Crippen LogP contribution in [0.4, 0.5) is 23.2 Å². The maximum Gasteiger partial charge on any atom is 0.418 e. The number of halogens is 4. The minimum Gasteiger partial charge on any atom is -0.396 e. The minimum atomic E-state index is -4.65. The second-order valence-electron chi connectivity index (χ2n) is 3.62. The van der Waals surface area contributed by atoms with Crippen molar-refractivity contribution in [2.75, 3.05) is 5.73 Å². The third-order valence-corrected chi connectivity index (χ3v) is 2.24. The fourth-order valence-corrected chi connectivity index (χ4v) is 1.51. The lowest BCUT2D eigenvalue weighted by atomic mass is 9.98. The van der Waals surface area contributed by atoms with Crippen LogP contribution in [-0.4, -0.2) is 0 Å². The molecule has 0 aromatic heterocycles. The zero-order chi connectivity index (χ0) is 12.7. The van der Waals surface area contributed by atoms with Crippen LogP contribution in [0.25, 0.3) is 5.57 Å². The molecule has 0 saturated heterocycles. The SMILES string of the molecule is C=C(C)c1cc(C)c(C(F)(F)F)c(N)c1F. The Kier molecular flexibility index (Phi) is 2.99. The number of anilines is 1. The predicted molar refractivity (Wildman–Crippen MR) is 55.3 cm³/mol. The van der Waals surface area contributed by atoms with E-state index < -0.39 is 23.2 Å². The number of hydrogen-bond donors (Lipinski definition) is 1. The first kappa shape index (κ1) is 12.5. The predicted octanol–water partition coefficient (Wildman–Crippen LogP) is 3.77. The van der Waals surface area contributed by atoms with Gasteiger partial charge in [0.05, 0.1) is 11.3 Å². The van der Waals surface area contributed by atoms with Gasteiger partial charge < -0.3 is 5.73 Å². The van der Waals surface area contributed by atoms with Crippen molar-refractivity contribution in [1.82, 2.24) is 0 Å². The Balaban J connectivity index is 3.59. The number of allylic oxidation sites excluding steroid dienone is 1. The van der Waals surface area contributed by atoms with Crippen LogP contribution in [0, 0.1) is 12.7 Å². The van der Waals surface area contributed by atoms with E-state index in [1.165, 1.54) is 13.8 Å². The largest absolute Gasteiger partial charge is 0.418 e. The Hall–Kier alpha value is -1.52. The molecule has 1 aromatic carbocycles. The highest BCUT2D eigenvalue weighted by molar-refractivity contribution is 5.69. The fourth-order valence-electron chi connectivity index (χ4n) is 1.51. The summed E-state index contributed by atoms with van der Waals surface area (Å²) < 4.78 is 51.2. The van der Waals surface area contributed by atoms with Gasteiger partial charge in [-0.1, -0.05) is 6.58 Å². The molecule has 16 heavy (non-hydrogen) atoms. The number of alkyl halides is 3. The van der Waals surface area contributed by atoms with E-state index in [1.54, 1.807) is 0 Å². The molecular weight excluding hydrogens is 222 g/mol. The summed E-state index contributed by atoms with van der Waals surface area (Å²) in [6, 6.07) is 1.11. The second-order valence-corrected chi connectivity index (χ2v) is 3.62. The van der Waals surface area contributed by atoms with E-state index in [9.17, 15) is 17.6 Å². The van der Waals surface area contributed by atoms with Crippen molar-refractivity contribution in [2.45, 2.75) is 20.0 Å². The zero-order valence-corrected chi connectivity index (χ0v) is 8.87. The highest BCUT2D eigenvalue weighted by Gasteiger charge is 2.36. The van der Waals surface area contributed by atoms with Crippen LogP contribution < -0.4 is 5.73 Å². The van der Waals surface area contributed by atoms with E-state index in [0.717, 1.165) is 6.07 Å². The van der Waals surface area contributed by atoms with Crippen molar-refractivity contribution >= 4 is 11.3 Å². The smallest absolute Gasteiger partial charge is 0.396 e. The molecule has 0 unspecified atom stereocenters. The van der Waals surface area contributed by atoms with Gasteiger partial charge in [-0.15, -0.1) is 0 Å². The number of aryl methyl sites for hydroxylation is 1. The van der Waals surface area contributed by atoms with Crippen LogP contribution in [0.5, 0.6) is 0 Å². The van der Waals surface area contributed by atoms with Gasteiger partial charge in [-0.2, -0.15) is 13.2 Å². The van der Waals surface area contributed by atoms with Gasteiger partial charge in [0.1, 0.15) is 0 Å². The summed E-state index contributed by atoms with van der Waals surface area (Å²) in [5, 5.41) is 0. The average Bonchev–Trinajstić information content (AvgIpc) is 2.08. The normalized spacial score (nSPS) is 11.6. The lowest BCUT2D eigenvalue weighted by molar-refractivity contribution is -0.137. The molecule has 0 aliphatic heterocycles. The molecule has 1 nitrogen and oxygen atoms in total. The van der Waals surface area contributed by atoms with Crippen LogP contribution >= 0.6 is 0 Å². The summed E-state index contributed by atoms with van der Waals surface area (Å²) in [5.74, 6) is -1.06. The average molecular weight is 233 g/mol. The highest BCUT2D eigenvalue weighted by atomic mass is 19.4. The molecule has 0 radical (unpaired) electrons. The first-order chi connectivity index (χ1) is 7.16. The summed E-state index contributed by atoms with van der Waals surface area (Å²) in [4.78, 5) is 0. The van der Waals surface area contributed by atoms with Crippen LogP contribution in [-0.2, 0) is 6.18 Å². The molecule has 88 valence electrons. The molecule has 0 amide bonds. The van der Waals surface area contributed by atoms with E-state index in [4.69, 9.17) is 5.73 Å². The second kappa shape index (κ2) is 3.81. The van der Waals surface area contributed by atoms with E-state index in [1.807, 2.05) is 0 Å². The number of benzene rings is 1. The first-order valence-electron chi connectivity index (χ1n) is 4.48. The van der Waals surface area contributed by atoms with Crippen molar-refractivity contribution in [3.8, 4) is 0 Å². The van der Waals surface area contributed by atoms with Crippen molar-refractivity contribution < 1.29 is 17.6 Å².